The molecule has 0 amide bonds. The van der Waals surface area contributed by atoms with Gasteiger partial charge in [0.05, 0.1) is 23.3 Å². The molecule has 0 radical (unpaired) electrons. The highest BCUT2D eigenvalue weighted by molar-refractivity contribution is 9.10. The molecule has 1 aliphatic rings. The van der Waals surface area contributed by atoms with Crippen LogP contribution >= 0.6 is 27.5 Å². The van der Waals surface area contributed by atoms with Crippen LogP contribution in [0.5, 0.6) is 11.5 Å². The number of ether oxygens (including phenoxy) is 3. The van der Waals surface area contributed by atoms with E-state index in [-0.39, 0.29) is 12.7 Å². The topological polar surface area (TPSA) is 100 Å². The number of rotatable bonds is 7. The Labute approximate surface area is 210 Å². The van der Waals surface area contributed by atoms with Gasteiger partial charge in [-0.1, -0.05) is 34.9 Å². The van der Waals surface area contributed by atoms with E-state index in [1.54, 1.807) is 33.9 Å². The van der Waals surface area contributed by atoms with Gasteiger partial charge in [-0.2, -0.15) is 4.68 Å². The fourth-order valence-corrected chi connectivity index (χ4v) is 4.43. The Morgan fingerprint density at radius 3 is 2.76 bits per heavy atom. The number of aromatic nitrogens is 4. The van der Waals surface area contributed by atoms with E-state index in [0.717, 1.165) is 5.56 Å². The lowest BCUT2D eigenvalue weighted by Crippen LogP contribution is -2.30. The number of methoxy groups -OCH3 is 1. The molecule has 34 heavy (non-hydrogen) atoms. The number of tetrazole rings is 1. The Bertz CT molecular complexity index is 1260. The smallest absolute Gasteiger partial charge is 0.338 e. The van der Waals surface area contributed by atoms with Gasteiger partial charge in [-0.3, -0.25) is 0 Å². The van der Waals surface area contributed by atoms with Crippen LogP contribution in [-0.2, 0) is 16.1 Å². The van der Waals surface area contributed by atoms with Crippen LogP contribution in [0.2, 0.25) is 5.02 Å². The van der Waals surface area contributed by atoms with Crippen LogP contribution in [0.15, 0.2) is 52.1 Å². The number of carbonyl (C=O) groups is 1. The minimum atomic E-state index is -0.639. The zero-order chi connectivity index (χ0) is 24.4. The molecule has 2 aromatic carbocycles. The molecule has 4 rings (SSSR count). The normalized spacial score (nSPS) is 15.1. The van der Waals surface area contributed by atoms with Crippen molar-refractivity contribution >= 4 is 39.4 Å². The molecule has 0 aliphatic carbocycles. The highest BCUT2D eigenvalue weighted by atomic mass is 79.9. The van der Waals surface area contributed by atoms with E-state index in [4.69, 9.17) is 25.8 Å². The highest BCUT2D eigenvalue weighted by Gasteiger charge is 2.36. The number of carbonyl (C=O) groups excluding carboxylic acids is 1. The van der Waals surface area contributed by atoms with Crippen LogP contribution in [-0.4, -0.2) is 39.4 Å². The second-order valence-electron chi connectivity index (χ2n) is 7.88. The molecule has 1 N–H and O–H groups in total. The molecule has 3 aromatic rings. The van der Waals surface area contributed by atoms with Crippen molar-refractivity contribution in [3.63, 3.8) is 0 Å². The lowest BCUT2D eigenvalue weighted by atomic mass is 9.95. The number of anilines is 1. The Balaban J connectivity index is 1.74. The first-order valence-corrected chi connectivity index (χ1v) is 11.7. The standard InChI is InChI=1S/C23H23BrClN5O4/c1-12(2)34-22(31)19-13(3)26-23-27-28-29-30(23)20(19)15-9-16(24)21(18(10-15)32-4)33-11-14-7-5-6-8-17(14)25/h5-10,12,20H,11H2,1-4H3,(H,26,27,29). The molecule has 0 spiro atoms. The predicted octanol–water partition coefficient (Wildman–Crippen LogP) is 4.92. The molecule has 1 atom stereocenters. The zero-order valence-corrected chi connectivity index (χ0v) is 21.3. The average molecular weight is 549 g/mol. The molecular formula is C23H23BrClN5O4. The van der Waals surface area contributed by atoms with Gasteiger partial charge >= 0.3 is 5.97 Å². The van der Waals surface area contributed by atoms with E-state index in [9.17, 15) is 4.79 Å². The summed E-state index contributed by atoms with van der Waals surface area (Å²) in [6, 6.07) is 10.5. The molecule has 1 unspecified atom stereocenters. The van der Waals surface area contributed by atoms with Crippen molar-refractivity contribution in [3.05, 3.63) is 68.3 Å². The van der Waals surface area contributed by atoms with Gasteiger partial charge in [0.15, 0.2) is 11.5 Å². The molecule has 0 fully saturated rings. The lowest BCUT2D eigenvalue weighted by molar-refractivity contribution is -0.143. The number of allylic oxidation sites excluding steroid dienone is 1. The van der Waals surface area contributed by atoms with Gasteiger partial charge in [0, 0.05) is 16.3 Å². The largest absolute Gasteiger partial charge is 0.493 e. The molecule has 0 saturated heterocycles. The van der Waals surface area contributed by atoms with Crippen LogP contribution in [0, 0.1) is 0 Å². The summed E-state index contributed by atoms with van der Waals surface area (Å²) < 4.78 is 19.4. The van der Waals surface area contributed by atoms with Crippen molar-refractivity contribution in [1.82, 2.24) is 20.2 Å². The van der Waals surface area contributed by atoms with Gasteiger partial charge in [0.1, 0.15) is 12.6 Å². The molecule has 9 nitrogen and oxygen atoms in total. The van der Waals surface area contributed by atoms with Crippen LogP contribution in [0.3, 0.4) is 0 Å². The van der Waals surface area contributed by atoms with Crippen LogP contribution in [0.4, 0.5) is 5.95 Å². The molecule has 0 bridgehead atoms. The summed E-state index contributed by atoms with van der Waals surface area (Å²) in [4.78, 5) is 13.0. The number of benzene rings is 2. The van der Waals surface area contributed by atoms with Crippen molar-refractivity contribution < 1.29 is 19.0 Å². The number of hydrogen-bond acceptors (Lipinski definition) is 8. The van der Waals surface area contributed by atoms with E-state index in [1.165, 1.54) is 4.68 Å². The summed E-state index contributed by atoms with van der Waals surface area (Å²) in [6.07, 6.45) is -0.287. The van der Waals surface area contributed by atoms with Crippen molar-refractivity contribution in [3.8, 4) is 11.5 Å². The molecule has 0 saturated carbocycles. The summed E-state index contributed by atoms with van der Waals surface area (Å²) in [5, 5.41) is 15.6. The SMILES string of the molecule is COc1cc(C2C(C(=O)OC(C)C)=C(C)Nc3nnnn32)cc(Br)c1OCc1ccccc1Cl. The van der Waals surface area contributed by atoms with E-state index >= 15 is 0 Å². The third-order valence-corrected chi connectivity index (χ3v) is 6.13. The van der Waals surface area contributed by atoms with Crippen LogP contribution < -0.4 is 14.8 Å². The summed E-state index contributed by atoms with van der Waals surface area (Å²) in [5.41, 5.74) is 2.55. The van der Waals surface area contributed by atoms with Gasteiger partial charge in [-0.05, 0) is 70.9 Å². The molecule has 1 aromatic heterocycles. The Kier molecular flexibility index (Phi) is 7.08. The number of esters is 1. The first-order chi connectivity index (χ1) is 16.3. The second kappa shape index (κ2) is 10.0. The maximum absolute atomic E-state index is 13.0. The number of nitrogens with zero attached hydrogens (tertiary/aromatic N) is 4. The van der Waals surface area contributed by atoms with Crippen molar-refractivity contribution in [2.75, 3.05) is 12.4 Å². The van der Waals surface area contributed by atoms with Crippen LogP contribution in [0.1, 0.15) is 37.9 Å². The monoisotopic (exact) mass is 547 g/mol. The Morgan fingerprint density at radius 2 is 2.06 bits per heavy atom. The van der Waals surface area contributed by atoms with Gasteiger partial charge < -0.3 is 19.5 Å². The van der Waals surface area contributed by atoms with Crippen LogP contribution in [0.25, 0.3) is 0 Å². The Morgan fingerprint density at radius 1 is 1.29 bits per heavy atom. The minimum absolute atomic E-state index is 0.253. The summed E-state index contributed by atoms with van der Waals surface area (Å²) in [7, 11) is 1.55. The molecular weight excluding hydrogens is 526 g/mol. The van der Waals surface area contributed by atoms with E-state index in [2.05, 4.69) is 36.8 Å². The first-order valence-electron chi connectivity index (χ1n) is 10.5. The second-order valence-corrected chi connectivity index (χ2v) is 9.14. The fraction of sp³-hybridized carbons (Fsp3) is 0.304. The first kappa shape index (κ1) is 24.0. The van der Waals surface area contributed by atoms with Crippen molar-refractivity contribution in [2.24, 2.45) is 0 Å². The maximum atomic E-state index is 13.0. The van der Waals surface area contributed by atoms with Crippen molar-refractivity contribution in [1.29, 1.82) is 0 Å². The summed E-state index contributed by atoms with van der Waals surface area (Å²) >= 11 is 9.86. The lowest BCUT2D eigenvalue weighted by Gasteiger charge is -2.28. The van der Waals surface area contributed by atoms with E-state index in [0.29, 0.717) is 43.8 Å². The predicted molar refractivity (Wildman–Crippen MR) is 130 cm³/mol. The van der Waals surface area contributed by atoms with Gasteiger partial charge in [-0.15, -0.1) is 0 Å². The third-order valence-electron chi connectivity index (χ3n) is 5.17. The van der Waals surface area contributed by atoms with Gasteiger partial charge in [0.2, 0.25) is 5.95 Å². The van der Waals surface area contributed by atoms with Gasteiger partial charge in [-0.25, -0.2) is 4.79 Å². The van der Waals surface area contributed by atoms with E-state index < -0.39 is 12.0 Å². The van der Waals surface area contributed by atoms with E-state index in [1.807, 2.05) is 30.3 Å². The minimum Gasteiger partial charge on any atom is -0.493 e. The number of fused-ring (bicyclic) bond motifs is 1. The third kappa shape index (κ3) is 4.74. The van der Waals surface area contributed by atoms with Gasteiger partial charge in [0.25, 0.3) is 0 Å². The molecule has 2 heterocycles. The fourth-order valence-electron chi connectivity index (χ4n) is 3.67. The highest BCUT2D eigenvalue weighted by Crippen LogP contribution is 2.43. The number of nitrogens with one attached hydrogen (secondary N) is 1. The average Bonchev–Trinajstić information content (AvgIpc) is 3.25. The Hall–Kier alpha value is -3.11. The molecule has 1 aliphatic heterocycles. The summed E-state index contributed by atoms with van der Waals surface area (Å²) in [6.45, 7) is 5.64. The summed E-state index contributed by atoms with van der Waals surface area (Å²) in [5.74, 6) is 0.931. The zero-order valence-electron chi connectivity index (χ0n) is 19.0. The quantitative estimate of drug-likeness (QED) is 0.416. The van der Waals surface area contributed by atoms with Crippen molar-refractivity contribution in [2.45, 2.75) is 39.5 Å². The molecule has 11 heteroatoms. The number of halogens is 2. The molecule has 178 valence electrons. The number of hydrogen-bond donors (Lipinski definition) is 1. The maximum Gasteiger partial charge on any atom is 0.338 e.